The van der Waals surface area contributed by atoms with E-state index >= 15 is 0 Å². The quantitative estimate of drug-likeness (QED) is 0.610. The van der Waals surface area contributed by atoms with Gasteiger partial charge in [-0.25, -0.2) is 0 Å². The van der Waals surface area contributed by atoms with E-state index in [1.165, 1.54) is 6.08 Å². The molecule has 5 nitrogen and oxygen atoms in total. The second-order valence-electron chi connectivity index (χ2n) is 4.85. The first-order chi connectivity index (χ1) is 8.41. The lowest BCUT2D eigenvalue weighted by molar-refractivity contribution is -0.400. The normalized spacial score (nSPS) is 16.4. The molecule has 0 atom stereocenters. The van der Waals surface area contributed by atoms with Crippen molar-refractivity contribution in [3.63, 3.8) is 0 Å². The third-order valence-corrected chi connectivity index (χ3v) is 2.76. The van der Waals surface area contributed by atoms with Gasteiger partial charge >= 0.3 is 0 Å². The Morgan fingerprint density at radius 2 is 2.22 bits per heavy atom. The van der Waals surface area contributed by atoms with Gasteiger partial charge in [0.05, 0.1) is 12.0 Å². The third kappa shape index (κ3) is 2.45. The minimum absolute atomic E-state index is 0.263. The molecule has 2 rings (SSSR count). The van der Waals surface area contributed by atoms with E-state index < -0.39 is 4.92 Å². The van der Waals surface area contributed by atoms with Crippen LogP contribution in [-0.4, -0.2) is 17.6 Å². The zero-order valence-corrected chi connectivity index (χ0v) is 10.6. The van der Waals surface area contributed by atoms with Gasteiger partial charge in [0.1, 0.15) is 5.60 Å². The Bertz CT molecular complexity index is 520. The van der Waals surface area contributed by atoms with Gasteiger partial charge < -0.3 is 9.47 Å². The molecule has 0 fully saturated rings. The maximum Gasteiger partial charge on any atom is 0.235 e. The maximum atomic E-state index is 10.3. The average Bonchev–Trinajstić information content (AvgIpc) is 2.59. The van der Waals surface area contributed by atoms with Gasteiger partial charge in [-0.3, -0.25) is 10.1 Å². The van der Waals surface area contributed by atoms with E-state index in [1.807, 2.05) is 19.9 Å². The van der Waals surface area contributed by atoms with Crippen molar-refractivity contribution in [3.8, 4) is 11.5 Å². The van der Waals surface area contributed by atoms with Crippen LogP contribution in [0.4, 0.5) is 0 Å². The van der Waals surface area contributed by atoms with E-state index in [1.54, 1.807) is 13.2 Å². The highest BCUT2D eigenvalue weighted by molar-refractivity contribution is 5.60. The largest absolute Gasteiger partial charge is 0.493 e. The van der Waals surface area contributed by atoms with Crippen molar-refractivity contribution in [2.45, 2.75) is 25.9 Å². The lowest BCUT2D eigenvalue weighted by Gasteiger charge is -2.17. The van der Waals surface area contributed by atoms with Crippen LogP contribution in [0.1, 0.15) is 25.0 Å². The first-order valence-corrected chi connectivity index (χ1v) is 5.63. The Morgan fingerprint density at radius 3 is 2.83 bits per heavy atom. The topological polar surface area (TPSA) is 61.6 Å². The molecule has 18 heavy (non-hydrogen) atoms. The fourth-order valence-electron chi connectivity index (χ4n) is 2.10. The smallest absolute Gasteiger partial charge is 0.235 e. The van der Waals surface area contributed by atoms with Crippen LogP contribution < -0.4 is 9.47 Å². The summed E-state index contributed by atoms with van der Waals surface area (Å²) >= 11 is 0. The molecule has 0 amide bonds. The van der Waals surface area contributed by atoms with Crippen LogP contribution in [0.2, 0.25) is 0 Å². The molecule has 0 saturated heterocycles. The molecule has 1 heterocycles. The highest BCUT2D eigenvalue weighted by Crippen LogP contribution is 2.42. The standard InChI is InChI=1S/C13H15NO4/c1-13(2)8-10-6-9(4-5-14(15)16)7-11(17-3)12(10)18-13/h4-7H,8H2,1-3H3/b5-4+. The number of benzene rings is 1. The van der Waals surface area contributed by atoms with Gasteiger partial charge in [0.15, 0.2) is 11.5 Å². The Hall–Kier alpha value is -2.04. The number of methoxy groups -OCH3 is 1. The molecule has 0 radical (unpaired) electrons. The zero-order valence-electron chi connectivity index (χ0n) is 10.6. The van der Waals surface area contributed by atoms with Crippen LogP contribution in [0.5, 0.6) is 11.5 Å². The molecule has 0 saturated carbocycles. The molecule has 96 valence electrons. The second-order valence-corrected chi connectivity index (χ2v) is 4.85. The van der Waals surface area contributed by atoms with Crippen molar-refractivity contribution in [3.05, 3.63) is 39.6 Å². The molecular formula is C13H15NO4. The first kappa shape index (κ1) is 12.4. The molecule has 0 N–H and O–H groups in total. The summed E-state index contributed by atoms with van der Waals surface area (Å²) in [5, 5.41) is 10.3. The zero-order chi connectivity index (χ0) is 13.3. The highest BCUT2D eigenvalue weighted by atomic mass is 16.6. The second kappa shape index (κ2) is 4.33. The molecule has 0 aromatic heterocycles. The summed E-state index contributed by atoms with van der Waals surface area (Å²) in [5.74, 6) is 1.35. The van der Waals surface area contributed by atoms with Gasteiger partial charge in [0.2, 0.25) is 6.20 Å². The lowest BCUT2D eigenvalue weighted by Crippen LogP contribution is -2.24. The van der Waals surface area contributed by atoms with Crippen LogP contribution in [0.15, 0.2) is 18.3 Å². The summed E-state index contributed by atoms with van der Waals surface area (Å²) in [6.45, 7) is 4.00. The Morgan fingerprint density at radius 1 is 1.50 bits per heavy atom. The summed E-state index contributed by atoms with van der Waals surface area (Å²) < 4.78 is 11.1. The first-order valence-electron chi connectivity index (χ1n) is 5.63. The summed E-state index contributed by atoms with van der Waals surface area (Å²) in [7, 11) is 1.56. The molecule has 1 aliphatic rings. The van der Waals surface area contributed by atoms with Gasteiger partial charge in [0.25, 0.3) is 0 Å². The average molecular weight is 249 g/mol. The lowest BCUT2D eigenvalue weighted by atomic mass is 10.00. The Balaban J connectivity index is 2.41. The fraction of sp³-hybridized carbons (Fsp3) is 0.385. The molecule has 1 aliphatic heterocycles. The fourth-order valence-corrected chi connectivity index (χ4v) is 2.10. The molecule has 1 aromatic rings. The van der Waals surface area contributed by atoms with Crippen molar-refractivity contribution in [1.82, 2.24) is 0 Å². The number of hydrogen-bond acceptors (Lipinski definition) is 4. The van der Waals surface area contributed by atoms with Crippen molar-refractivity contribution < 1.29 is 14.4 Å². The predicted molar refractivity (Wildman–Crippen MR) is 67.4 cm³/mol. The molecule has 0 aliphatic carbocycles. The molecular weight excluding hydrogens is 234 g/mol. The van der Waals surface area contributed by atoms with Gasteiger partial charge in [-0.05, 0) is 31.5 Å². The third-order valence-electron chi connectivity index (χ3n) is 2.76. The van der Waals surface area contributed by atoms with Crippen LogP contribution in [-0.2, 0) is 6.42 Å². The van der Waals surface area contributed by atoms with E-state index in [4.69, 9.17) is 9.47 Å². The van der Waals surface area contributed by atoms with E-state index in [-0.39, 0.29) is 5.60 Å². The van der Waals surface area contributed by atoms with Crippen molar-refractivity contribution in [2.75, 3.05) is 7.11 Å². The van der Waals surface area contributed by atoms with E-state index in [0.29, 0.717) is 5.75 Å². The van der Waals surface area contributed by atoms with Gasteiger partial charge in [-0.2, -0.15) is 0 Å². The summed E-state index contributed by atoms with van der Waals surface area (Å²) in [6, 6.07) is 3.63. The van der Waals surface area contributed by atoms with Gasteiger partial charge in [-0.15, -0.1) is 0 Å². The molecule has 0 spiro atoms. The maximum absolute atomic E-state index is 10.3. The number of hydrogen-bond donors (Lipinski definition) is 0. The predicted octanol–water partition coefficient (Wildman–Crippen LogP) is 2.66. The van der Waals surface area contributed by atoms with Crippen molar-refractivity contribution in [1.29, 1.82) is 0 Å². The number of ether oxygens (including phenoxy) is 2. The van der Waals surface area contributed by atoms with Crippen molar-refractivity contribution in [2.24, 2.45) is 0 Å². The summed E-state index contributed by atoms with van der Waals surface area (Å²) in [6.07, 6.45) is 3.13. The van der Waals surface area contributed by atoms with Crippen LogP contribution in [0, 0.1) is 10.1 Å². The van der Waals surface area contributed by atoms with E-state index in [9.17, 15) is 10.1 Å². The summed E-state index contributed by atoms with van der Waals surface area (Å²) in [4.78, 5) is 9.84. The number of fused-ring (bicyclic) bond motifs is 1. The van der Waals surface area contributed by atoms with Crippen LogP contribution in [0.3, 0.4) is 0 Å². The minimum Gasteiger partial charge on any atom is -0.493 e. The SMILES string of the molecule is COc1cc(/C=C/[N+](=O)[O-])cc2c1OC(C)(C)C2. The molecule has 5 heteroatoms. The minimum atomic E-state index is -0.486. The highest BCUT2D eigenvalue weighted by Gasteiger charge is 2.32. The molecule has 0 unspecified atom stereocenters. The molecule has 0 bridgehead atoms. The number of nitro groups is 1. The van der Waals surface area contributed by atoms with Gasteiger partial charge in [0, 0.05) is 18.1 Å². The van der Waals surface area contributed by atoms with Gasteiger partial charge in [-0.1, -0.05) is 0 Å². The van der Waals surface area contributed by atoms with E-state index in [0.717, 1.165) is 29.5 Å². The molecule has 1 aromatic carbocycles. The number of nitrogens with zero attached hydrogens (tertiary/aromatic N) is 1. The van der Waals surface area contributed by atoms with Crippen LogP contribution in [0.25, 0.3) is 6.08 Å². The van der Waals surface area contributed by atoms with Crippen LogP contribution >= 0.6 is 0 Å². The summed E-state index contributed by atoms with van der Waals surface area (Å²) in [5.41, 5.74) is 1.49. The Kier molecular flexibility index (Phi) is 2.98. The number of rotatable bonds is 3. The van der Waals surface area contributed by atoms with Crippen molar-refractivity contribution >= 4 is 6.08 Å². The Labute approximate surface area is 105 Å². The van der Waals surface area contributed by atoms with E-state index in [2.05, 4.69) is 0 Å². The monoisotopic (exact) mass is 249 g/mol.